The van der Waals surface area contributed by atoms with Gasteiger partial charge in [-0.1, -0.05) is 11.6 Å². The molecule has 0 aromatic heterocycles. The zero-order valence-corrected chi connectivity index (χ0v) is 13.2. The first kappa shape index (κ1) is 16.2. The van der Waals surface area contributed by atoms with E-state index in [4.69, 9.17) is 11.6 Å². The van der Waals surface area contributed by atoms with Crippen molar-refractivity contribution < 1.29 is 4.79 Å². The van der Waals surface area contributed by atoms with Gasteiger partial charge in [0, 0.05) is 23.3 Å². The highest BCUT2D eigenvalue weighted by Crippen LogP contribution is 2.20. The molecule has 0 aliphatic heterocycles. The van der Waals surface area contributed by atoms with Crippen LogP contribution in [0.2, 0.25) is 5.02 Å². The Kier molecular flexibility index (Phi) is 7.10. The first-order valence-corrected chi connectivity index (χ1v) is 8.18. The predicted octanol–water partition coefficient (Wildman–Crippen LogP) is 3.64. The molecule has 0 saturated heterocycles. The van der Waals surface area contributed by atoms with Gasteiger partial charge in [0.15, 0.2) is 0 Å². The Balaban J connectivity index is 2.77. The summed E-state index contributed by atoms with van der Waals surface area (Å²) >= 11 is 7.75. The van der Waals surface area contributed by atoms with Crippen molar-refractivity contribution in [3.63, 3.8) is 0 Å². The Bertz CT molecular complexity index is 426. The van der Waals surface area contributed by atoms with Gasteiger partial charge in [0.2, 0.25) is 0 Å². The molecule has 0 saturated carbocycles. The molecular weight excluding hydrogens is 280 g/mol. The lowest BCUT2D eigenvalue weighted by atomic mass is 10.1. The van der Waals surface area contributed by atoms with Gasteiger partial charge >= 0.3 is 0 Å². The van der Waals surface area contributed by atoms with Crippen LogP contribution in [0.25, 0.3) is 0 Å². The highest BCUT2D eigenvalue weighted by molar-refractivity contribution is 7.98. The van der Waals surface area contributed by atoms with E-state index in [1.807, 2.05) is 19.9 Å². The van der Waals surface area contributed by atoms with Crippen LogP contribution in [0.4, 0.5) is 5.69 Å². The van der Waals surface area contributed by atoms with Gasteiger partial charge in [-0.15, -0.1) is 0 Å². The van der Waals surface area contributed by atoms with Crippen molar-refractivity contribution >= 4 is 35.0 Å². The van der Waals surface area contributed by atoms with E-state index in [1.54, 1.807) is 23.9 Å². The number of halogens is 1. The number of hydrogen-bond acceptors (Lipinski definition) is 3. The molecule has 0 heterocycles. The molecule has 0 fully saturated rings. The molecule has 1 aromatic rings. The summed E-state index contributed by atoms with van der Waals surface area (Å²) in [7, 11) is 0. The topological polar surface area (TPSA) is 41.1 Å². The number of carbonyl (C=O) groups is 1. The molecule has 19 heavy (non-hydrogen) atoms. The smallest absolute Gasteiger partial charge is 0.253 e. The maximum Gasteiger partial charge on any atom is 0.253 e. The fourth-order valence-electron chi connectivity index (χ4n) is 1.72. The molecular formula is C14H21ClN2OS. The van der Waals surface area contributed by atoms with E-state index in [-0.39, 0.29) is 11.9 Å². The van der Waals surface area contributed by atoms with Gasteiger partial charge in [-0.2, -0.15) is 11.8 Å². The summed E-state index contributed by atoms with van der Waals surface area (Å²) in [6.45, 7) is 4.78. The van der Waals surface area contributed by atoms with Crippen LogP contribution >= 0.6 is 23.4 Å². The first-order chi connectivity index (χ1) is 9.08. The normalized spacial score (nSPS) is 12.0. The van der Waals surface area contributed by atoms with Crippen molar-refractivity contribution in [2.75, 3.05) is 23.9 Å². The lowest BCUT2D eigenvalue weighted by molar-refractivity contribution is 0.0940. The van der Waals surface area contributed by atoms with Crippen molar-refractivity contribution in [2.24, 2.45) is 0 Å². The van der Waals surface area contributed by atoms with E-state index in [9.17, 15) is 4.79 Å². The van der Waals surface area contributed by atoms with Gasteiger partial charge in [-0.3, -0.25) is 4.79 Å². The summed E-state index contributed by atoms with van der Waals surface area (Å²) in [5.41, 5.74) is 1.42. The second-order valence-electron chi connectivity index (χ2n) is 4.38. The van der Waals surface area contributed by atoms with Gasteiger partial charge in [0.25, 0.3) is 5.91 Å². The van der Waals surface area contributed by atoms with Crippen LogP contribution in [0, 0.1) is 0 Å². The number of anilines is 1. The summed E-state index contributed by atoms with van der Waals surface area (Å²) in [5.74, 6) is 0.962. The van der Waals surface area contributed by atoms with E-state index in [1.165, 1.54) is 0 Å². The minimum Gasteiger partial charge on any atom is -0.385 e. The zero-order valence-electron chi connectivity index (χ0n) is 11.6. The third kappa shape index (κ3) is 5.33. The summed E-state index contributed by atoms with van der Waals surface area (Å²) < 4.78 is 0. The Morgan fingerprint density at radius 3 is 2.84 bits per heavy atom. The number of thioether (sulfide) groups is 1. The molecule has 2 N–H and O–H groups in total. The van der Waals surface area contributed by atoms with Crippen molar-refractivity contribution in [3.8, 4) is 0 Å². The van der Waals surface area contributed by atoms with Crippen LogP contribution in [-0.2, 0) is 0 Å². The van der Waals surface area contributed by atoms with Gasteiger partial charge in [-0.25, -0.2) is 0 Å². The van der Waals surface area contributed by atoms with Gasteiger partial charge in [-0.05, 0) is 50.5 Å². The molecule has 1 aromatic carbocycles. The second kappa shape index (κ2) is 8.33. The molecule has 0 bridgehead atoms. The Morgan fingerprint density at radius 2 is 2.21 bits per heavy atom. The Hall–Kier alpha value is -0.870. The molecule has 1 atom stereocenters. The maximum atomic E-state index is 12.2. The third-order valence-corrected chi connectivity index (χ3v) is 3.60. The van der Waals surface area contributed by atoms with Crippen LogP contribution in [0.1, 0.15) is 30.6 Å². The minimum absolute atomic E-state index is 0.0768. The molecule has 3 nitrogen and oxygen atoms in total. The average molecular weight is 301 g/mol. The Labute approximate surface area is 124 Å². The fourth-order valence-corrected chi connectivity index (χ4v) is 2.48. The molecule has 0 radical (unpaired) electrons. The van der Waals surface area contributed by atoms with Gasteiger partial charge < -0.3 is 10.6 Å². The van der Waals surface area contributed by atoms with E-state index in [0.717, 1.165) is 24.4 Å². The van der Waals surface area contributed by atoms with Crippen molar-refractivity contribution in [3.05, 3.63) is 28.8 Å². The first-order valence-electron chi connectivity index (χ1n) is 6.41. The van der Waals surface area contributed by atoms with Crippen molar-refractivity contribution in [1.82, 2.24) is 5.32 Å². The van der Waals surface area contributed by atoms with E-state index < -0.39 is 0 Å². The molecule has 1 rings (SSSR count). The monoisotopic (exact) mass is 300 g/mol. The lowest BCUT2D eigenvalue weighted by Crippen LogP contribution is -2.33. The summed E-state index contributed by atoms with van der Waals surface area (Å²) in [6, 6.07) is 5.49. The maximum absolute atomic E-state index is 12.2. The number of carbonyl (C=O) groups excluding carboxylic acids is 1. The van der Waals surface area contributed by atoms with E-state index >= 15 is 0 Å². The molecule has 0 spiro atoms. The van der Waals surface area contributed by atoms with E-state index in [2.05, 4.69) is 16.9 Å². The average Bonchev–Trinajstić information content (AvgIpc) is 2.38. The number of rotatable bonds is 7. The Morgan fingerprint density at radius 1 is 1.47 bits per heavy atom. The molecule has 1 unspecified atom stereocenters. The minimum atomic E-state index is -0.0768. The van der Waals surface area contributed by atoms with Crippen LogP contribution in [-0.4, -0.2) is 30.5 Å². The summed E-state index contributed by atoms with van der Waals surface area (Å²) in [5, 5.41) is 6.76. The highest BCUT2D eigenvalue weighted by atomic mass is 35.5. The lowest BCUT2D eigenvalue weighted by Gasteiger charge is -2.16. The van der Waals surface area contributed by atoms with Crippen LogP contribution in [0.15, 0.2) is 18.2 Å². The SMILES string of the molecule is CCNc1ccc(Cl)cc1C(=O)NC(C)CCSC. The third-order valence-electron chi connectivity index (χ3n) is 2.73. The van der Waals surface area contributed by atoms with E-state index in [0.29, 0.717) is 10.6 Å². The highest BCUT2D eigenvalue weighted by Gasteiger charge is 2.14. The molecule has 0 aliphatic carbocycles. The fraction of sp³-hybridized carbons (Fsp3) is 0.500. The zero-order chi connectivity index (χ0) is 14.3. The largest absolute Gasteiger partial charge is 0.385 e. The van der Waals surface area contributed by atoms with Gasteiger partial charge in [0.05, 0.1) is 5.56 Å². The molecule has 1 amide bonds. The molecule has 106 valence electrons. The predicted molar refractivity (Wildman–Crippen MR) is 85.5 cm³/mol. The van der Waals surface area contributed by atoms with Crippen LogP contribution in [0.5, 0.6) is 0 Å². The quantitative estimate of drug-likeness (QED) is 0.808. The van der Waals surface area contributed by atoms with Crippen molar-refractivity contribution in [1.29, 1.82) is 0 Å². The summed E-state index contributed by atoms with van der Waals surface area (Å²) in [4.78, 5) is 12.2. The summed E-state index contributed by atoms with van der Waals surface area (Å²) in [6.07, 6.45) is 3.03. The molecule has 0 aliphatic rings. The number of hydrogen-bond donors (Lipinski definition) is 2. The second-order valence-corrected chi connectivity index (χ2v) is 5.80. The van der Waals surface area contributed by atoms with Crippen LogP contribution in [0.3, 0.4) is 0 Å². The van der Waals surface area contributed by atoms with Crippen molar-refractivity contribution in [2.45, 2.75) is 26.3 Å². The van der Waals surface area contributed by atoms with Gasteiger partial charge in [0.1, 0.15) is 0 Å². The number of amides is 1. The number of nitrogens with one attached hydrogen (secondary N) is 2. The molecule has 5 heteroatoms. The number of benzene rings is 1. The van der Waals surface area contributed by atoms with Crippen LogP contribution < -0.4 is 10.6 Å². The standard InChI is InChI=1S/C14H21ClN2OS/c1-4-16-13-6-5-11(15)9-12(13)14(18)17-10(2)7-8-19-3/h5-6,9-10,16H,4,7-8H2,1-3H3,(H,17,18).